The molecule has 0 saturated carbocycles. The predicted octanol–water partition coefficient (Wildman–Crippen LogP) is 0.869. The fourth-order valence-electron chi connectivity index (χ4n) is 2.07. The minimum Gasteiger partial charge on any atom is -0.469 e. The number of ether oxygens (including phenoxy) is 1. The number of esters is 1. The number of likely N-dealkylation sites (tertiary alicyclic amines) is 1. The molecule has 1 N–H and O–H groups in total. The van der Waals surface area contributed by atoms with Gasteiger partial charge in [-0.2, -0.15) is 0 Å². The number of methoxy groups -OCH3 is 1. The molecule has 4 nitrogen and oxygen atoms in total. The Kier molecular flexibility index (Phi) is 5.77. The van der Waals surface area contributed by atoms with Gasteiger partial charge >= 0.3 is 5.97 Å². The van der Waals surface area contributed by atoms with Crippen molar-refractivity contribution in [1.82, 2.24) is 10.2 Å². The van der Waals surface area contributed by atoms with Crippen molar-refractivity contribution in [1.29, 1.82) is 0 Å². The molecule has 0 atom stereocenters. The van der Waals surface area contributed by atoms with Gasteiger partial charge in [0.05, 0.1) is 13.0 Å². The number of piperidine rings is 1. The molecule has 0 aromatic carbocycles. The first kappa shape index (κ1) is 13.5. The summed E-state index contributed by atoms with van der Waals surface area (Å²) in [5, 5.41) is 3.40. The molecule has 0 bridgehead atoms. The number of nitrogens with one attached hydrogen (secondary N) is 1. The fourth-order valence-corrected chi connectivity index (χ4v) is 2.07. The van der Waals surface area contributed by atoms with Crippen molar-refractivity contribution in [2.24, 2.45) is 5.92 Å². The summed E-state index contributed by atoms with van der Waals surface area (Å²) < 4.78 is 4.77. The van der Waals surface area contributed by atoms with Crippen LogP contribution in [0.1, 0.15) is 26.7 Å². The Morgan fingerprint density at radius 3 is 2.56 bits per heavy atom. The third-order valence-electron chi connectivity index (χ3n) is 3.10. The third-order valence-corrected chi connectivity index (χ3v) is 3.10. The molecule has 1 aliphatic rings. The van der Waals surface area contributed by atoms with Crippen LogP contribution in [0.4, 0.5) is 0 Å². The zero-order chi connectivity index (χ0) is 12.0. The summed E-state index contributed by atoms with van der Waals surface area (Å²) in [5.41, 5.74) is 0. The lowest BCUT2D eigenvalue weighted by Gasteiger charge is -2.30. The van der Waals surface area contributed by atoms with Crippen LogP contribution in [-0.4, -0.2) is 50.2 Å². The molecule has 0 aromatic heterocycles. The topological polar surface area (TPSA) is 41.6 Å². The molecule has 1 aliphatic heterocycles. The van der Waals surface area contributed by atoms with E-state index in [1.54, 1.807) is 0 Å². The van der Waals surface area contributed by atoms with E-state index in [0.29, 0.717) is 6.04 Å². The van der Waals surface area contributed by atoms with Crippen molar-refractivity contribution in [3.63, 3.8) is 0 Å². The molecular weight excluding hydrogens is 204 g/mol. The molecule has 0 radical (unpaired) electrons. The summed E-state index contributed by atoms with van der Waals surface area (Å²) in [5.74, 6) is 0.0827. The molecule has 1 heterocycles. The maximum Gasteiger partial charge on any atom is 0.308 e. The normalized spacial score (nSPS) is 19.0. The van der Waals surface area contributed by atoms with Crippen LogP contribution in [0.3, 0.4) is 0 Å². The summed E-state index contributed by atoms with van der Waals surface area (Å²) in [6, 6.07) is 0.549. The predicted molar refractivity (Wildman–Crippen MR) is 64.3 cm³/mol. The number of hydrogen-bond donors (Lipinski definition) is 1. The average Bonchev–Trinajstić information content (AvgIpc) is 2.28. The Morgan fingerprint density at radius 1 is 1.44 bits per heavy atom. The molecule has 0 aromatic rings. The highest BCUT2D eigenvalue weighted by Crippen LogP contribution is 2.17. The van der Waals surface area contributed by atoms with Gasteiger partial charge in [0.2, 0.25) is 0 Å². The largest absolute Gasteiger partial charge is 0.469 e. The third kappa shape index (κ3) is 4.49. The van der Waals surface area contributed by atoms with E-state index in [1.165, 1.54) is 7.11 Å². The van der Waals surface area contributed by atoms with Crippen molar-refractivity contribution >= 4 is 5.97 Å². The van der Waals surface area contributed by atoms with Crippen LogP contribution in [0, 0.1) is 5.92 Å². The maximum absolute atomic E-state index is 11.3. The monoisotopic (exact) mass is 228 g/mol. The van der Waals surface area contributed by atoms with Crippen LogP contribution < -0.4 is 5.32 Å². The van der Waals surface area contributed by atoms with Crippen LogP contribution in [0.25, 0.3) is 0 Å². The molecule has 1 rings (SSSR count). The van der Waals surface area contributed by atoms with E-state index in [4.69, 9.17) is 4.74 Å². The van der Waals surface area contributed by atoms with Gasteiger partial charge in [0.25, 0.3) is 0 Å². The quantitative estimate of drug-likeness (QED) is 0.709. The van der Waals surface area contributed by atoms with Gasteiger partial charge in [0, 0.05) is 19.1 Å². The van der Waals surface area contributed by atoms with Gasteiger partial charge in [0.1, 0.15) is 0 Å². The second kappa shape index (κ2) is 6.86. The molecule has 16 heavy (non-hydrogen) atoms. The first-order chi connectivity index (χ1) is 7.63. The zero-order valence-electron chi connectivity index (χ0n) is 10.7. The van der Waals surface area contributed by atoms with Crippen LogP contribution in [0.2, 0.25) is 0 Å². The van der Waals surface area contributed by atoms with Gasteiger partial charge in [-0.15, -0.1) is 0 Å². The van der Waals surface area contributed by atoms with Crippen molar-refractivity contribution in [2.75, 3.05) is 33.3 Å². The molecule has 4 heteroatoms. The first-order valence-corrected chi connectivity index (χ1v) is 6.17. The average molecular weight is 228 g/mol. The highest BCUT2D eigenvalue weighted by molar-refractivity contribution is 5.72. The first-order valence-electron chi connectivity index (χ1n) is 6.17. The van der Waals surface area contributed by atoms with Crippen molar-refractivity contribution in [3.05, 3.63) is 0 Å². The summed E-state index contributed by atoms with van der Waals surface area (Å²) >= 11 is 0. The minimum absolute atomic E-state index is 0.0417. The van der Waals surface area contributed by atoms with Crippen LogP contribution in [0.5, 0.6) is 0 Å². The van der Waals surface area contributed by atoms with Crippen molar-refractivity contribution in [2.45, 2.75) is 32.7 Å². The van der Waals surface area contributed by atoms with E-state index in [2.05, 4.69) is 24.1 Å². The molecule has 0 spiro atoms. The number of carbonyl (C=O) groups excluding carboxylic acids is 1. The van der Waals surface area contributed by atoms with E-state index in [-0.39, 0.29) is 11.9 Å². The lowest BCUT2D eigenvalue weighted by molar-refractivity contribution is -0.147. The lowest BCUT2D eigenvalue weighted by atomic mass is 9.97. The molecule has 0 aliphatic carbocycles. The van der Waals surface area contributed by atoms with E-state index in [0.717, 1.165) is 39.0 Å². The summed E-state index contributed by atoms with van der Waals surface area (Å²) in [6.45, 7) is 8.44. The zero-order valence-corrected chi connectivity index (χ0v) is 10.7. The molecule has 1 fully saturated rings. The minimum atomic E-state index is -0.0417. The number of rotatable bonds is 5. The maximum atomic E-state index is 11.3. The van der Waals surface area contributed by atoms with Crippen molar-refractivity contribution < 1.29 is 9.53 Å². The summed E-state index contributed by atoms with van der Waals surface area (Å²) in [4.78, 5) is 13.7. The molecular formula is C12H24N2O2. The molecule has 0 amide bonds. The SMILES string of the molecule is COC(=O)C1CCN(CCNC(C)C)CC1. The highest BCUT2D eigenvalue weighted by atomic mass is 16.5. The van der Waals surface area contributed by atoms with Crippen LogP contribution >= 0.6 is 0 Å². The number of hydrogen-bond acceptors (Lipinski definition) is 4. The van der Waals surface area contributed by atoms with Crippen LogP contribution in [-0.2, 0) is 9.53 Å². The van der Waals surface area contributed by atoms with Gasteiger partial charge in [0.15, 0.2) is 0 Å². The smallest absolute Gasteiger partial charge is 0.308 e. The fraction of sp³-hybridized carbons (Fsp3) is 0.917. The van der Waals surface area contributed by atoms with Gasteiger partial charge in [-0.25, -0.2) is 0 Å². The van der Waals surface area contributed by atoms with Gasteiger partial charge in [-0.1, -0.05) is 13.8 Å². The van der Waals surface area contributed by atoms with E-state index in [1.807, 2.05) is 0 Å². The Hall–Kier alpha value is -0.610. The summed E-state index contributed by atoms with van der Waals surface area (Å²) in [7, 11) is 1.47. The Labute approximate surface area is 98.3 Å². The molecule has 0 unspecified atom stereocenters. The number of carbonyl (C=O) groups is 1. The molecule has 94 valence electrons. The Bertz CT molecular complexity index is 211. The Balaban J connectivity index is 2.14. The summed E-state index contributed by atoms with van der Waals surface area (Å²) in [6.07, 6.45) is 1.88. The lowest BCUT2D eigenvalue weighted by Crippen LogP contribution is -2.41. The molecule has 1 saturated heterocycles. The second-order valence-corrected chi connectivity index (χ2v) is 4.75. The standard InChI is InChI=1S/C12H24N2O2/c1-10(2)13-6-9-14-7-4-11(5-8-14)12(15)16-3/h10-11,13H,4-9H2,1-3H3. The second-order valence-electron chi connectivity index (χ2n) is 4.75. The van der Waals surface area contributed by atoms with E-state index >= 15 is 0 Å². The highest BCUT2D eigenvalue weighted by Gasteiger charge is 2.24. The van der Waals surface area contributed by atoms with Crippen LogP contribution in [0.15, 0.2) is 0 Å². The van der Waals surface area contributed by atoms with Gasteiger partial charge < -0.3 is 15.0 Å². The van der Waals surface area contributed by atoms with E-state index in [9.17, 15) is 4.79 Å². The van der Waals surface area contributed by atoms with Gasteiger partial charge in [-0.3, -0.25) is 4.79 Å². The Morgan fingerprint density at radius 2 is 2.06 bits per heavy atom. The van der Waals surface area contributed by atoms with E-state index < -0.39 is 0 Å². The van der Waals surface area contributed by atoms with Crippen molar-refractivity contribution in [3.8, 4) is 0 Å². The number of nitrogens with zero attached hydrogens (tertiary/aromatic N) is 1. The van der Waals surface area contributed by atoms with Gasteiger partial charge in [-0.05, 0) is 25.9 Å².